The molecule has 0 saturated carbocycles. The van der Waals surface area contributed by atoms with Crippen molar-refractivity contribution in [1.82, 2.24) is 0 Å². The van der Waals surface area contributed by atoms with Gasteiger partial charge < -0.3 is 25.7 Å². The second-order valence-corrected chi connectivity index (χ2v) is 3.38. The zero-order chi connectivity index (χ0) is 13.5. The highest BCUT2D eigenvalue weighted by Crippen LogP contribution is 2.28. The Labute approximate surface area is 104 Å². The van der Waals surface area contributed by atoms with Crippen LogP contribution in [0, 0.1) is 0 Å². The summed E-state index contributed by atoms with van der Waals surface area (Å²) >= 11 is 0. The van der Waals surface area contributed by atoms with Gasteiger partial charge in [0.2, 0.25) is 5.91 Å². The average molecular weight is 253 g/mol. The molecule has 0 fully saturated rings. The molecule has 0 aliphatic rings. The first-order valence-corrected chi connectivity index (χ1v) is 5.09. The molecule has 0 heterocycles. The van der Waals surface area contributed by atoms with Gasteiger partial charge in [0.25, 0.3) is 0 Å². The lowest BCUT2D eigenvalue weighted by Gasteiger charge is -2.11. The van der Waals surface area contributed by atoms with Crippen LogP contribution in [0.4, 0.5) is 5.69 Å². The van der Waals surface area contributed by atoms with Gasteiger partial charge in [-0.1, -0.05) is 5.16 Å². The minimum Gasteiger partial charge on any atom is -0.497 e. The highest BCUT2D eigenvalue weighted by atomic mass is 16.5. The van der Waals surface area contributed by atoms with E-state index in [9.17, 15) is 4.79 Å². The van der Waals surface area contributed by atoms with E-state index in [4.69, 9.17) is 20.4 Å². The van der Waals surface area contributed by atoms with Gasteiger partial charge in [0.15, 0.2) is 0 Å². The predicted molar refractivity (Wildman–Crippen MR) is 66.2 cm³/mol. The van der Waals surface area contributed by atoms with E-state index in [1.165, 1.54) is 14.2 Å². The predicted octanol–water partition coefficient (Wildman–Crippen LogP) is 0.779. The van der Waals surface area contributed by atoms with Gasteiger partial charge in [-0.3, -0.25) is 4.79 Å². The second kappa shape index (κ2) is 6.33. The van der Waals surface area contributed by atoms with E-state index < -0.39 is 5.91 Å². The van der Waals surface area contributed by atoms with Crippen molar-refractivity contribution in [1.29, 1.82) is 0 Å². The van der Waals surface area contributed by atoms with Gasteiger partial charge in [-0.05, 0) is 12.1 Å². The number of nitrogens with two attached hydrogens (primary N) is 1. The number of nitrogens with zero attached hydrogens (tertiary/aromatic N) is 1. The van der Waals surface area contributed by atoms with Gasteiger partial charge in [0.05, 0.1) is 26.3 Å². The van der Waals surface area contributed by atoms with E-state index in [1.807, 2.05) is 0 Å². The highest BCUT2D eigenvalue weighted by molar-refractivity contribution is 6.05. The van der Waals surface area contributed by atoms with Crippen LogP contribution in [-0.2, 0) is 4.79 Å². The van der Waals surface area contributed by atoms with Crippen molar-refractivity contribution in [3.05, 3.63) is 18.2 Å². The SMILES string of the molecule is COc1ccc(OC)c(NC(=O)CC(N)=NO)c1. The summed E-state index contributed by atoms with van der Waals surface area (Å²) in [5, 5.41) is 13.7. The molecule has 7 nitrogen and oxygen atoms in total. The number of anilines is 1. The normalized spacial score (nSPS) is 10.9. The number of hydrogen-bond donors (Lipinski definition) is 3. The zero-order valence-electron chi connectivity index (χ0n) is 10.1. The molecule has 0 bridgehead atoms. The van der Waals surface area contributed by atoms with Gasteiger partial charge in [0.1, 0.15) is 17.3 Å². The number of carbonyl (C=O) groups excluding carboxylic acids is 1. The summed E-state index contributed by atoms with van der Waals surface area (Å²) < 4.78 is 10.1. The van der Waals surface area contributed by atoms with E-state index in [0.29, 0.717) is 17.2 Å². The van der Waals surface area contributed by atoms with E-state index in [0.717, 1.165) is 0 Å². The molecule has 18 heavy (non-hydrogen) atoms. The van der Waals surface area contributed by atoms with E-state index >= 15 is 0 Å². The molecule has 0 radical (unpaired) electrons. The fraction of sp³-hybridized carbons (Fsp3) is 0.273. The number of amidine groups is 1. The molecule has 1 aromatic carbocycles. The Bertz CT molecular complexity index is 460. The molecule has 1 aromatic rings. The maximum absolute atomic E-state index is 11.6. The molecule has 0 spiro atoms. The van der Waals surface area contributed by atoms with Crippen LogP contribution in [-0.4, -0.2) is 31.2 Å². The van der Waals surface area contributed by atoms with Crippen LogP contribution in [0.3, 0.4) is 0 Å². The van der Waals surface area contributed by atoms with E-state index in [-0.39, 0.29) is 12.3 Å². The molecule has 0 aliphatic heterocycles. The first-order chi connectivity index (χ1) is 8.60. The third-order valence-corrected chi connectivity index (χ3v) is 2.15. The molecule has 0 saturated heterocycles. The maximum Gasteiger partial charge on any atom is 0.232 e. The molecule has 98 valence electrons. The molecule has 4 N–H and O–H groups in total. The summed E-state index contributed by atoms with van der Waals surface area (Å²) in [6.07, 6.45) is -0.211. The standard InChI is InChI=1S/C11H15N3O4/c1-17-7-3-4-9(18-2)8(5-7)13-11(15)6-10(12)14-16/h3-5,16H,6H2,1-2H3,(H2,12,14)(H,13,15). The van der Waals surface area contributed by atoms with Crippen LogP contribution in [0.15, 0.2) is 23.4 Å². The molecule has 0 aliphatic carbocycles. The van der Waals surface area contributed by atoms with Crippen LogP contribution >= 0.6 is 0 Å². The number of rotatable bonds is 5. The van der Waals surface area contributed by atoms with Crippen LogP contribution in [0.5, 0.6) is 11.5 Å². The first kappa shape index (κ1) is 13.6. The molecule has 0 atom stereocenters. The molecule has 1 amide bonds. The first-order valence-electron chi connectivity index (χ1n) is 5.09. The van der Waals surface area contributed by atoms with Gasteiger partial charge >= 0.3 is 0 Å². The molecular formula is C11H15N3O4. The largest absolute Gasteiger partial charge is 0.497 e. The van der Waals surface area contributed by atoms with Crippen molar-refractivity contribution in [2.75, 3.05) is 19.5 Å². The fourth-order valence-electron chi connectivity index (χ4n) is 1.31. The van der Waals surface area contributed by atoms with Crippen molar-refractivity contribution in [3.63, 3.8) is 0 Å². The van der Waals surface area contributed by atoms with E-state index in [2.05, 4.69) is 10.5 Å². The molecule has 1 rings (SSSR count). The number of nitrogens with one attached hydrogen (secondary N) is 1. The van der Waals surface area contributed by atoms with Gasteiger partial charge in [-0.2, -0.15) is 0 Å². The summed E-state index contributed by atoms with van der Waals surface area (Å²) in [6.45, 7) is 0. The van der Waals surface area contributed by atoms with Crippen molar-refractivity contribution in [2.45, 2.75) is 6.42 Å². The van der Waals surface area contributed by atoms with Crippen LogP contribution in [0.1, 0.15) is 6.42 Å². The molecule has 0 aromatic heterocycles. The summed E-state index contributed by atoms with van der Waals surface area (Å²) in [4.78, 5) is 11.6. The third-order valence-electron chi connectivity index (χ3n) is 2.15. The Balaban J connectivity index is 2.85. The smallest absolute Gasteiger partial charge is 0.232 e. The summed E-state index contributed by atoms with van der Waals surface area (Å²) in [7, 11) is 3.00. The van der Waals surface area contributed by atoms with Gasteiger partial charge in [0, 0.05) is 6.07 Å². The minimum atomic E-state index is -0.420. The Morgan fingerprint density at radius 2 is 2.17 bits per heavy atom. The monoisotopic (exact) mass is 253 g/mol. The Hall–Kier alpha value is -2.44. The van der Waals surface area contributed by atoms with Gasteiger partial charge in [-0.15, -0.1) is 0 Å². The number of oxime groups is 1. The quantitative estimate of drug-likeness (QED) is 0.311. The second-order valence-electron chi connectivity index (χ2n) is 3.38. The summed E-state index contributed by atoms with van der Waals surface area (Å²) in [6, 6.07) is 4.99. The summed E-state index contributed by atoms with van der Waals surface area (Å²) in [5.41, 5.74) is 5.69. The third kappa shape index (κ3) is 3.55. The summed E-state index contributed by atoms with van der Waals surface area (Å²) in [5.74, 6) is 0.477. The highest BCUT2D eigenvalue weighted by Gasteiger charge is 2.10. The van der Waals surface area contributed by atoms with E-state index in [1.54, 1.807) is 18.2 Å². The lowest BCUT2D eigenvalue weighted by molar-refractivity contribution is -0.115. The van der Waals surface area contributed by atoms with Gasteiger partial charge in [-0.25, -0.2) is 0 Å². The number of hydrogen-bond acceptors (Lipinski definition) is 5. The van der Waals surface area contributed by atoms with Crippen molar-refractivity contribution < 1.29 is 19.5 Å². The topological polar surface area (TPSA) is 106 Å². The lowest BCUT2D eigenvalue weighted by atomic mass is 10.2. The lowest BCUT2D eigenvalue weighted by Crippen LogP contribution is -2.22. The minimum absolute atomic E-state index is 0.172. The molecule has 7 heteroatoms. The number of carbonyl (C=O) groups is 1. The average Bonchev–Trinajstić information content (AvgIpc) is 2.38. The van der Waals surface area contributed by atoms with Crippen LogP contribution in [0.25, 0.3) is 0 Å². The Kier molecular flexibility index (Phi) is 4.79. The number of methoxy groups -OCH3 is 2. The van der Waals surface area contributed by atoms with Crippen molar-refractivity contribution in [3.8, 4) is 11.5 Å². The Morgan fingerprint density at radius 1 is 1.44 bits per heavy atom. The number of benzene rings is 1. The number of amides is 1. The fourth-order valence-corrected chi connectivity index (χ4v) is 1.31. The number of ether oxygens (including phenoxy) is 2. The zero-order valence-corrected chi connectivity index (χ0v) is 10.1. The van der Waals surface area contributed by atoms with Crippen molar-refractivity contribution >= 4 is 17.4 Å². The van der Waals surface area contributed by atoms with Crippen molar-refractivity contribution in [2.24, 2.45) is 10.9 Å². The molecular weight excluding hydrogens is 238 g/mol. The van der Waals surface area contributed by atoms with Crippen LogP contribution in [0.2, 0.25) is 0 Å². The molecule has 0 unspecified atom stereocenters. The van der Waals surface area contributed by atoms with Crippen LogP contribution < -0.4 is 20.5 Å². The Morgan fingerprint density at radius 3 is 2.72 bits per heavy atom. The maximum atomic E-state index is 11.6.